The molecule has 0 aliphatic heterocycles. The number of carbonyl (C=O) groups excluding carboxylic acids is 4. The molecule has 264 valence electrons. The molecule has 1 aromatic carbocycles. The summed E-state index contributed by atoms with van der Waals surface area (Å²) in [6.45, 7) is 4.45. The molecule has 12 N–H and O–H groups in total. The molecule has 0 saturated heterocycles. The van der Waals surface area contributed by atoms with Crippen LogP contribution in [0.5, 0.6) is 5.75 Å². The van der Waals surface area contributed by atoms with E-state index in [1.165, 1.54) is 12.8 Å². The Bertz CT molecular complexity index is 1190. The highest BCUT2D eigenvalue weighted by molar-refractivity contribution is 5.94. The Kier molecular flexibility index (Phi) is 17.4. The second-order valence-corrected chi connectivity index (χ2v) is 13.4. The van der Waals surface area contributed by atoms with Crippen LogP contribution >= 0.6 is 0 Å². The second-order valence-electron chi connectivity index (χ2n) is 13.4. The Balaban J connectivity index is 2.27. The first-order chi connectivity index (χ1) is 22.3. The lowest BCUT2D eigenvalue weighted by Crippen LogP contribution is -2.46. The first-order valence-electron chi connectivity index (χ1n) is 17.3. The monoisotopic (exact) mass is 657 g/mol. The number of aliphatic imine (C=N–C) groups is 1. The van der Waals surface area contributed by atoms with E-state index in [0.29, 0.717) is 57.5 Å². The summed E-state index contributed by atoms with van der Waals surface area (Å²) in [6.07, 6.45) is 9.73. The summed E-state index contributed by atoms with van der Waals surface area (Å²) in [6, 6.07) is 1.57. The number of rotatable bonds is 21. The van der Waals surface area contributed by atoms with Gasteiger partial charge in [-0.05, 0) is 100 Å². The van der Waals surface area contributed by atoms with Crippen LogP contribution in [0.15, 0.2) is 17.1 Å². The smallest absolute Gasteiger partial charge is 0.224 e. The van der Waals surface area contributed by atoms with Crippen LogP contribution in [0.25, 0.3) is 0 Å². The third-order valence-electron chi connectivity index (χ3n) is 9.43. The van der Waals surface area contributed by atoms with Crippen molar-refractivity contribution in [3.05, 3.63) is 28.8 Å². The van der Waals surface area contributed by atoms with Crippen molar-refractivity contribution in [2.24, 2.45) is 51.4 Å². The molecule has 0 spiro atoms. The molecular weight excluding hydrogens is 598 g/mol. The van der Waals surface area contributed by atoms with Crippen molar-refractivity contribution < 1.29 is 24.3 Å². The zero-order chi connectivity index (χ0) is 34.9. The number of phenolic OH excluding ortho intramolecular Hbond substituents is 1. The summed E-state index contributed by atoms with van der Waals surface area (Å²) in [5.41, 5.74) is 30.9. The molecule has 2 rings (SSSR count). The fraction of sp³-hybridized carbons (Fsp3) is 0.686. The zero-order valence-electron chi connectivity index (χ0n) is 28.5. The third-order valence-corrected chi connectivity index (χ3v) is 9.43. The second kappa shape index (κ2) is 20.7. The van der Waals surface area contributed by atoms with Crippen LogP contribution in [0.3, 0.4) is 0 Å². The van der Waals surface area contributed by atoms with E-state index >= 15 is 0 Å². The SMILES string of the molecule is Cc1cc(O)cc(C)c1C[C@H](CC(=O)[C@H](N)CCCN=C(N)N)C(=O)N[C@@H](CCCCN)C(=O)C[C@@H](CC1CCCCCC1)C(N)=O. The van der Waals surface area contributed by atoms with Gasteiger partial charge in [0.15, 0.2) is 11.7 Å². The van der Waals surface area contributed by atoms with Gasteiger partial charge in [0.05, 0.1) is 12.1 Å². The number of aryl methyl sites for hydroxylation is 2. The Morgan fingerprint density at radius 2 is 1.51 bits per heavy atom. The number of nitrogens with one attached hydrogen (secondary N) is 1. The molecule has 4 atom stereocenters. The predicted molar refractivity (Wildman–Crippen MR) is 185 cm³/mol. The van der Waals surface area contributed by atoms with Gasteiger partial charge in [0.2, 0.25) is 11.8 Å². The van der Waals surface area contributed by atoms with Crippen LogP contribution in [-0.4, -0.2) is 59.6 Å². The number of phenols is 1. The standard InChI is InChI=1S/C35H59N7O5/c1-22-16-27(43)17-23(2)28(22)19-26(21-31(44)29(37)12-9-15-41-35(39)40)34(47)42-30(13-7-8-14-36)32(45)20-25(33(38)46)18-24-10-5-3-4-6-11-24/h16-17,24-26,29-30,43H,3-15,18-21,36-37H2,1-2H3,(H2,38,46)(H,42,47)(H4,39,40,41)/t25-,26-,29-,30+/m1/s1. The number of primary amides is 1. The first-order valence-corrected chi connectivity index (χ1v) is 17.3. The van der Waals surface area contributed by atoms with E-state index in [1.54, 1.807) is 12.1 Å². The maximum absolute atomic E-state index is 14.0. The van der Waals surface area contributed by atoms with Crippen LogP contribution in [0.4, 0.5) is 0 Å². The number of unbranched alkanes of at least 4 members (excludes halogenated alkanes) is 1. The fourth-order valence-electron chi connectivity index (χ4n) is 6.65. The minimum Gasteiger partial charge on any atom is -0.508 e. The summed E-state index contributed by atoms with van der Waals surface area (Å²) in [5.74, 6) is -2.46. The fourth-order valence-corrected chi connectivity index (χ4v) is 6.65. The van der Waals surface area contributed by atoms with Gasteiger partial charge >= 0.3 is 0 Å². The van der Waals surface area contributed by atoms with Gasteiger partial charge in [0, 0.05) is 31.2 Å². The summed E-state index contributed by atoms with van der Waals surface area (Å²) in [4.78, 5) is 57.5. The lowest BCUT2D eigenvalue weighted by Gasteiger charge is -2.26. The highest BCUT2D eigenvalue weighted by Gasteiger charge is 2.32. The van der Waals surface area contributed by atoms with Crippen molar-refractivity contribution in [3.63, 3.8) is 0 Å². The lowest BCUT2D eigenvalue weighted by molar-refractivity contribution is -0.134. The van der Waals surface area contributed by atoms with Crippen molar-refractivity contribution in [1.29, 1.82) is 0 Å². The summed E-state index contributed by atoms with van der Waals surface area (Å²) < 4.78 is 0. The number of ketones is 2. The van der Waals surface area contributed by atoms with Gasteiger partial charge in [-0.25, -0.2) is 0 Å². The number of amides is 2. The molecule has 1 aliphatic rings. The van der Waals surface area contributed by atoms with E-state index in [2.05, 4.69) is 10.3 Å². The normalized spacial score (nSPS) is 16.3. The van der Waals surface area contributed by atoms with Crippen LogP contribution in [0, 0.1) is 31.6 Å². The molecule has 0 bridgehead atoms. The number of nitrogens with zero attached hydrogens (tertiary/aromatic N) is 1. The number of hydrogen-bond donors (Lipinski definition) is 7. The van der Waals surface area contributed by atoms with Gasteiger partial charge < -0.3 is 39.1 Å². The molecule has 1 aromatic rings. The van der Waals surface area contributed by atoms with Crippen LogP contribution < -0.4 is 34.0 Å². The number of guanidine groups is 1. The largest absolute Gasteiger partial charge is 0.508 e. The van der Waals surface area contributed by atoms with Gasteiger partial charge in [0.25, 0.3) is 0 Å². The molecule has 0 radical (unpaired) electrons. The quantitative estimate of drug-likeness (QED) is 0.0444. The molecule has 47 heavy (non-hydrogen) atoms. The number of Topliss-reactive ketones (excluding diaryl/α,β-unsaturated/α-hetero) is 2. The molecule has 2 amide bonds. The minimum atomic E-state index is -0.849. The maximum atomic E-state index is 14.0. The minimum absolute atomic E-state index is 0.0385. The molecule has 0 aromatic heterocycles. The Morgan fingerprint density at radius 3 is 2.09 bits per heavy atom. The lowest BCUT2D eigenvalue weighted by atomic mass is 9.84. The average molecular weight is 658 g/mol. The molecule has 12 heteroatoms. The zero-order valence-corrected chi connectivity index (χ0v) is 28.5. The molecule has 1 fully saturated rings. The molecule has 0 unspecified atom stereocenters. The number of hydrogen-bond acceptors (Lipinski definition) is 8. The summed E-state index contributed by atoms with van der Waals surface area (Å²) in [7, 11) is 0. The van der Waals surface area contributed by atoms with Gasteiger partial charge in [0.1, 0.15) is 11.5 Å². The van der Waals surface area contributed by atoms with Crippen molar-refractivity contribution >= 4 is 29.3 Å². The van der Waals surface area contributed by atoms with Gasteiger partial charge in [-0.2, -0.15) is 0 Å². The molecular formula is C35H59N7O5. The molecule has 1 saturated carbocycles. The predicted octanol–water partition coefficient (Wildman–Crippen LogP) is 2.54. The molecule has 12 nitrogen and oxygen atoms in total. The van der Waals surface area contributed by atoms with Gasteiger partial charge in [-0.3, -0.25) is 24.2 Å². The average Bonchev–Trinajstić information content (AvgIpc) is 3.27. The third kappa shape index (κ3) is 14.4. The van der Waals surface area contributed by atoms with E-state index in [1.807, 2.05) is 13.8 Å². The van der Waals surface area contributed by atoms with Crippen molar-refractivity contribution in [2.75, 3.05) is 13.1 Å². The van der Waals surface area contributed by atoms with Crippen molar-refractivity contribution in [2.45, 2.75) is 122 Å². The van der Waals surface area contributed by atoms with Crippen LogP contribution in [0.1, 0.15) is 107 Å². The number of aromatic hydroxyl groups is 1. The van der Waals surface area contributed by atoms with Crippen molar-refractivity contribution in [1.82, 2.24) is 5.32 Å². The van der Waals surface area contributed by atoms with Gasteiger partial charge in [-0.15, -0.1) is 0 Å². The molecule has 1 aliphatic carbocycles. The van der Waals surface area contributed by atoms with Gasteiger partial charge in [-0.1, -0.05) is 38.5 Å². The number of nitrogens with two attached hydrogens (primary N) is 5. The van der Waals surface area contributed by atoms with E-state index in [-0.39, 0.29) is 42.5 Å². The Hall–Kier alpha value is -3.51. The topological polar surface area (TPSA) is 243 Å². The Labute approximate surface area is 280 Å². The van der Waals surface area contributed by atoms with E-state index < -0.39 is 35.7 Å². The van der Waals surface area contributed by atoms with E-state index in [4.69, 9.17) is 28.7 Å². The maximum Gasteiger partial charge on any atom is 0.224 e. The van der Waals surface area contributed by atoms with Crippen LogP contribution in [-0.2, 0) is 25.6 Å². The Morgan fingerprint density at radius 1 is 0.894 bits per heavy atom. The first kappa shape index (κ1) is 39.7. The molecule has 0 heterocycles. The highest BCUT2D eigenvalue weighted by atomic mass is 16.3. The summed E-state index contributed by atoms with van der Waals surface area (Å²) in [5, 5.41) is 13.0. The van der Waals surface area contributed by atoms with Crippen LogP contribution in [0.2, 0.25) is 0 Å². The van der Waals surface area contributed by atoms with E-state index in [0.717, 1.165) is 42.4 Å². The summed E-state index contributed by atoms with van der Waals surface area (Å²) >= 11 is 0. The number of benzene rings is 1. The van der Waals surface area contributed by atoms with E-state index in [9.17, 15) is 24.3 Å². The highest BCUT2D eigenvalue weighted by Crippen LogP contribution is 2.30. The number of carbonyl (C=O) groups is 4. The van der Waals surface area contributed by atoms with Crippen molar-refractivity contribution in [3.8, 4) is 5.75 Å².